The third kappa shape index (κ3) is 4.72. The molecule has 2 aliphatic heterocycles. The van der Waals surface area contributed by atoms with Crippen LogP contribution in [0, 0.1) is 0 Å². The van der Waals surface area contributed by atoms with Gasteiger partial charge in [-0.1, -0.05) is 0 Å². The molecule has 1 N–H and O–H groups in total. The molecule has 0 unspecified atom stereocenters. The Labute approximate surface area is 160 Å². The molecule has 0 aliphatic carbocycles. The molecule has 0 bridgehead atoms. The number of likely N-dealkylation sites (N-methyl/N-ethyl adjacent to an activating group) is 1. The molecule has 0 atom stereocenters. The molecular formula is C17H26N4O3S2. The normalized spacial score (nSPS) is 20.6. The lowest BCUT2D eigenvalue weighted by Gasteiger charge is -2.26. The Kier molecular flexibility index (Phi) is 6.46. The fourth-order valence-corrected chi connectivity index (χ4v) is 4.81. The summed E-state index contributed by atoms with van der Waals surface area (Å²) in [4.78, 5) is 4.76. The van der Waals surface area contributed by atoms with Gasteiger partial charge in [0, 0.05) is 38.4 Å². The van der Waals surface area contributed by atoms with Crippen LogP contribution in [0.5, 0.6) is 0 Å². The molecule has 1 aromatic rings. The molecule has 1 aromatic carbocycles. The number of anilines is 1. The van der Waals surface area contributed by atoms with E-state index in [0.717, 1.165) is 38.3 Å². The fraction of sp³-hybridized carbons (Fsp3) is 0.588. The lowest BCUT2D eigenvalue weighted by molar-refractivity contribution is 0.0730. The maximum Gasteiger partial charge on any atom is 0.243 e. The molecule has 0 amide bonds. The molecule has 2 aliphatic rings. The first-order valence-electron chi connectivity index (χ1n) is 8.89. The first-order valence-corrected chi connectivity index (χ1v) is 10.7. The third-order valence-electron chi connectivity index (χ3n) is 4.72. The number of benzene rings is 1. The van der Waals surface area contributed by atoms with E-state index >= 15 is 0 Å². The van der Waals surface area contributed by atoms with Crippen LogP contribution in [0.3, 0.4) is 0 Å². The largest absolute Gasteiger partial charge is 0.379 e. The van der Waals surface area contributed by atoms with E-state index in [1.165, 1.54) is 4.31 Å². The van der Waals surface area contributed by atoms with Crippen molar-refractivity contribution in [3.8, 4) is 0 Å². The van der Waals surface area contributed by atoms with Gasteiger partial charge < -0.3 is 19.9 Å². The Morgan fingerprint density at radius 2 is 1.73 bits per heavy atom. The molecule has 7 nitrogen and oxygen atoms in total. The maximum absolute atomic E-state index is 12.6. The van der Waals surface area contributed by atoms with Gasteiger partial charge in [-0.15, -0.1) is 0 Å². The second kappa shape index (κ2) is 8.62. The minimum atomic E-state index is -3.46. The number of sulfonamides is 1. The van der Waals surface area contributed by atoms with Crippen LogP contribution in [-0.2, 0) is 14.8 Å². The molecule has 9 heteroatoms. The van der Waals surface area contributed by atoms with Crippen molar-refractivity contribution in [1.82, 2.24) is 14.1 Å². The summed E-state index contributed by atoms with van der Waals surface area (Å²) in [5, 5.41) is 3.91. The Balaban J connectivity index is 1.63. The molecule has 2 heterocycles. The Morgan fingerprint density at radius 3 is 2.42 bits per heavy atom. The predicted molar refractivity (Wildman–Crippen MR) is 106 cm³/mol. The van der Waals surface area contributed by atoms with Crippen LogP contribution in [0.15, 0.2) is 29.2 Å². The molecular weight excluding hydrogens is 372 g/mol. The lowest BCUT2D eigenvalue weighted by Crippen LogP contribution is -2.40. The highest BCUT2D eigenvalue weighted by molar-refractivity contribution is 7.89. The van der Waals surface area contributed by atoms with E-state index < -0.39 is 10.0 Å². The van der Waals surface area contributed by atoms with E-state index in [2.05, 4.69) is 22.2 Å². The highest BCUT2D eigenvalue weighted by atomic mass is 32.2. The van der Waals surface area contributed by atoms with Crippen LogP contribution in [0.4, 0.5) is 5.69 Å². The maximum atomic E-state index is 12.6. The van der Waals surface area contributed by atoms with Crippen molar-refractivity contribution < 1.29 is 13.2 Å². The zero-order valence-corrected chi connectivity index (χ0v) is 16.7. The molecule has 144 valence electrons. The smallest absolute Gasteiger partial charge is 0.243 e. The average molecular weight is 399 g/mol. The predicted octanol–water partition coefficient (Wildman–Crippen LogP) is 1.04. The summed E-state index contributed by atoms with van der Waals surface area (Å²) in [7, 11) is -1.34. The first kappa shape index (κ1) is 19.5. The number of hydrogen-bond donors (Lipinski definition) is 1. The van der Waals surface area contributed by atoms with Crippen LogP contribution in [0.1, 0.15) is 6.42 Å². The Bertz CT molecular complexity index is 718. The van der Waals surface area contributed by atoms with Crippen molar-refractivity contribution >= 4 is 33.0 Å². The molecule has 0 radical (unpaired) electrons. The molecule has 26 heavy (non-hydrogen) atoms. The van der Waals surface area contributed by atoms with Gasteiger partial charge in [0.2, 0.25) is 10.0 Å². The van der Waals surface area contributed by atoms with Crippen LogP contribution < -0.4 is 5.32 Å². The van der Waals surface area contributed by atoms with Crippen LogP contribution in [0.25, 0.3) is 0 Å². The number of hydrogen-bond acceptors (Lipinski definition) is 5. The second-order valence-corrected chi connectivity index (χ2v) is 8.94. The van der Waals surface area contributed by atoms with Gasteiger partial charge in [0.25, 0.3) is 0 Å². The van der Waals surface area contributed by atoms with Gasteiger partial charge in [-0.25, -0.2) is 8.42 Å². The topological polar surface area (TPSA) is 65.1 Å². The molecule has 2 saturated heterocycles. The summed E-state index contributed by atoms with van der Waals surface area (Å²) in [6.07, 6.45) is 1.08. The zero-order valence-electron chi connectivity index (χ0n) is 15.1. The standard InChI is InChI=1S/C17H26N4O3S2/c1-19-7-2-8-20(10-9-19)17(25)18-15-3-5-16(6-4-15)26(22,23)21-11-13-24-14-12-21/h3-6H,2,7-14H2,1H3,(H,18,25). The summed E-state index contributed by atoms with van der Waals surface area (Å²) in [5.41, 5.74) is 0.800. The molecule has 2 fully saturated rings. The molecule has 0 saturated carbocycles. The van der Waals surface area contributed by atoms with Crippen LogP contribution in [-0.4, -0.2) is 87.2 Å². The lowest BCUT2D eigenvalue weighted by atomic mass is 10.3. The molecule has 0 aromatic heterocycles. The number of thiocarbonyl (C=S) groups is 1. The highest BCUT2D eigenvalue weighted by Crippen LogP contribution is 2.20. The fourth-order valence-electron chi connectivity index (χ4n) is 3.10. The summed E-state index contributed by atoms with van der Waals surface area (Å²) in [6, 6.07) is 6.80. The van der Waals surface area contributed by atoms with E-state index in [-0.39, 0.29) is 0 Å². The quantitative estimate of drug-likeness (QED) is 0.763. The SMILES string of the molecule is CN1CCCN(C(=S)Nc2ccc(S(=O)(=O)N3CCOCC3)cc2)CC1. The Morgan fingerprint density at radius 1 is 1.04 bits per heavy atom. The van der Waals surface area contributed by atoms with E-state index in [1.807, 2.05) is 0 Å². The highest BCUT2D eigenvalue weighted by Gasteiger charge is 2.26. The van der Waals surface area contributed by atoms with Gasteiger partial charge in [0.15, 0.2) is 5.11 Å². The Hall–Kier alpha value is -1.26. The second-order valence-electron chi connectivity index (χ2n) is 6.61. The number of morpholine rings is 1. The van der Waals surface area contributed by atoms with Gasteiger partial charge in [-0.05, 0) is 56.5 Å². The summed E-state index contributed by atoms with van der Waals surface area (Å²) in [6.45, 7) is 5.57. The number of ether oxygens (including phenoxy) is 1. The van der Waals surface area contributed by atoms with Gasteiger partial charge in [-0.3, -0.25) is 0 Å². The molecule has 3 rings (SSSR count). The van der Waals surface area contributed by atoms with Crippen molar-refractivity contribution in [2.45, 2.75) is 11.3 Å². The monoisotopic (exact) mass is 398 g/mol. The minimum absolute atomic E-state index is 0.298. The van der Waals surface area contributed by atoms with E-state index in [1.54, 1.807) is 24.3 Å². The van der Waals surface area contributed by atoms with Crippen molar-refractivity contribution in [2.24, 2.45) is 0 Å². The molecule has 0 spiro atoms. The van der Waals surface area contributed by atoms with E-state index in [4.69, 9.17) is 17.0 Å². The number of nitrogens with one attached hydrogen (secondary N) is 1. The zero-order chi connectivity index (χ0) is 18.6. The summed E-state index contributed by atoms with van der Waals surface area (Å²) >= 11 is 5.52. The van der Waals surface area contributed by atoms with Crippen molar-refractivity contribution in [1.29, 1.82) is 0 Å². The van der Waals surface area contributed by atoms with E-state index in [9.17, 15) is 8.42 Å². The first-order chi connectivity index (χ1) is 12.5. The van der Waals surface area contributed by atoms with Gasteiger partial charge >= 0.3 is 0 Å². The summed E-state index contributed by atoms with van der Waals surface area (Å²) in [5.74, 6) is 0. The van der Waals surface area contributed by atoms with Crippen LogP contribution >= 0.6 is 12.2 Å². The van der Waals surface area contributed by atoms with Crippen molar-refractivity contribution in [3.63, 3.8) is 0 Å². The average Bonchev–Trinajstić information content (AvgIpc) is 2.87. The summed E-state index contributed by atoms with van der Waals surface area (Å²) < 4.78 is 32.0. The van der Waals surface area contributed by atoms with Gasteiger partial charge in [0.05, 0.1) is 18.1 Å². The van der Waals surface area contributed by atoms with E-state index in [0.29, 0.717) is 36.3 Å². The number of rotatable bonds is 3. The number of nitrogens with zero attached hydrogens (tertiary/aromatic N) is 3. The van der Waals surface area contributed by atoms with Gasteiger partial charge in [0.1, 0.15) is 0 Å². The third-order valence-corrected chi connectivity index (χ3v) is 6.99. The minimum Gasteiger partial charge on any atom is -0.379 e. The van der Waals surface area contributed by atoms with Gasteiger partial charge in [-0.2, -0.15) is 4.31 Å². The van der Waals surface area contributed by atoms with Crippen LogP contribution in [0.2, 0.25) is 0 Å². The van der Waals surface area contributed by atoms with Crippen molar-refractivity contribution in [2.75, 3.05) is 64.8 Å². The van der Waals surface area contributed by atoms with Crippen molar-refractivity contribution in [3.05, 3.63) is 24.3 Å².